The Morgan fingerprint density at radius 3 is 2.67 bits per heavy atom. The lowest BCUT2D eigenvalue weighted by Gasteiger charge is -2.20. The maximum atomic E-state index is 13.0. The van der Waals surface area contributed by atoms with Gasteiger partial charge in [-0.15, -0.1) is 0 Å². The maximum Gasteiger partial charge on any atom is 0.227 e. The van der Waals surface area contributed by atoms with E-state index in [9.17, 15) is 4.79 Å². The molecule has 2 heterocycles. The molecular formula is C24H29N3O3. The van der Waals surface area contributed by atoms with Crippen LogP contribution in [0, 0.1) is 5.92 Å². The Kier molecular flexibility index (Phi) is 5.66. The number of methoxy groups -OCH3 is 2. The predicted octanol–water partition coefficient (Wildman–Crippen LogP) is 4.62. The third-order valence-electron chi connectivity index (χ3n) is 5.78. The third kappa shape index (κ3) is 3.74. The summed E-state index contributed by atoms with van der Waals surface area (Å²) >= 11 is 0. The van der Waals surface area contributed by atoms with Gasteiger partial charge in [0.25, 0.3) is 0 Å². The van der Waals surface area contributed by atoms with Gasteiger partial charge >= 0.3 is 0 Å². The number of aryl methyl sites for hydroxylation is 1. The molecule has 0 bridgehead atoms. The fourth-order valence-corrected chi connectivity index (χ4v) is 4.15. The first-order valence-electron chi connectivity index (χ1n) is 10.5. The van der Waals surface area contributed by atoms with Gasteiger partial charge in [0, 0.05) is 31.5 Å². The van der Waals surface area contributed by atoms with Crippen LogP contribution in [0.5, 0.6) is 11.5 Å². The Hall–Kier alpha value is -3.02. The van der Waals surface area contributed by atoms with Gasteiger partial charge in [0.05, 0.1) is 30.9 Å². The van der Waals surface area contributed by atoms with Gasteiger partial charge in [0.2, 0.25) is 5.91 Å². The van der Waals surface area contributed by atoms with E-state index in [0.29, 0.717) is 30.4 Å². The zero-order valence-corrected chi connectivity index (χ0v) is 18.1. The fourth-order valence-electron chi connectivity index (χ4n) is 4.15. The van der Waals surface area contributed by atoms with Gasteiger partial charge in [-0.3, -0.25) is 4.79 Å². The molecule has 2 aromatic carbocycles. The number of rotatable bonds is 7. The summed E-state index contributed by atoms with van der Waals surface area (Å²) in [5.74, 6) is 3.07. The van der Waals surface area contributed by atoms with E-state index in [1.165, 1.54) is 0 Å². The molecule has 1 fully saturated rings. The van der Waals surface area contributed by atoms with E-state index in [4.69, 9.17) is 14.5 Å². The SMILES string of the molecule is COc1ccc(OC)c(N2C[C@@H](c3nc4ccccc4n3CCC(C)C)CC2=O)c1. The summed E-state index contributed by atoms with van der Waals surface area (Å²) in [5.41, 5.74) is 2.87. The molecule has 0 aliphatic carbocycles. The van der Waals surface area contributed by atoms with Crippen molar-refractivity contribution in [1.82, 2.24) is 9.55 Å². The van der Waals surface area contributed by atoms with Crippen LogP contribution in [0.2, 0.25) is 0 Å². The summed E-state index contributed by atoms with van der Waals surface area (Å²) in [6, 6.07) is 13.8. The minimum atomic E-state index is 0.0352. The molecule has 1 aliphatic heterocycles. The average molecular weight is 408 g/mol. The quantitative estimate of drug-likeness (QED) is 0.573. The number of hydrogen-bond acceptors (Lipinski definition) is 4. The zero-order valence-electron chi connectivity index (χ0n) is 18.1. The highest BCUT2D eigenvalue weighted by Gasteiger charge is 2.36. The molecule has 30 heavy (non-hydrogen) atoms. The van der Waals surface area contributed by atoms with Gasteiger partial charge in [-0.05, 0) is 36.6 Å². The van der Waals surface area contributed by atoms with Crippen LogP contribution in [-0.2, 0) is 11.3 Å². The number of aromatic nitrogens is 2. The largest absolute Gasteiger partial charge is 0.497 e. The number of imidazole rings is 1. The van der Waals surface area contributed by atoms with Crippen LogP contribution in [0.3, 0.4) is 0 Å². The second-order valence-electron chi connectivity index (χ2n) is 8.24. The summed E-state index contributed by atoms with van der Waals surface area (Å²) in [6.45, 7) is 5.94. The molecule has 0 unspecified atom stereocenters. The van der Waals surface area contributed by atoms with E-state index in [2.05, 4.69) is 24.5 Å². The topological polar surface area (TPSA) is 56.6 Å². The molecule has 0 spiro atoms. The number of carbonyl (C=O) groups excluding carboxylic acids is 1. The van der Waals surface area contributed by atoms with E-state index >= 15 is 0 Å². The molecule has 158 valence electrons. The molecular weight excluding hydrogens is 378 g/mol. The number of fused-ring (bicyclic) bond motifs is 1. The van der Waals surface area contributed by atoms with Crippen molar-refractivity contribution < 1.29 is 14.3 Å². The minimum absolute atomic E-state index is 0.0352. The van der Waals surface area contributed by atoms with Crippen molar-refractivity contribution in [3.63, 3.8) is 0 Å². The van der Waals surface area contributed by atoms with Crippen molar-refractivity contribution in [2.75, 3.05) is 25.7 Å². The van der Waals surface area contributed by atoms with Crippen molar-refractivity contribution in [3.05, 3.63) is 48.3 Å². The maximum absolute atomic E-state index is 13.0. The number of hydrogen-bond donors (Lipinski definition) is 0. The van der Waals surface area contributed by atoms with Gasteiger partial charge < -0.3 is 18.9 Å². The highest BCUT2D eigenvalue weighted by molar-refractivity contribution is 5.98. The van der Waals surface area contributed by atoms with Gasteiger partial charge in [-0.1, -0.05) is 26.0 Å². The van der Waals surface area contributed by atoms with Crippen molar-refractivity contribution in [2.24, 2.45) is 5.92 Å². The number of ether oxygens (including phenoxy) is 2. The number of nitrogens with zero attached hydrogens (tertiary/aromatic N) is 3. The molecule has 6 heteroatoms. The van der Waals surface area contributed by atoms with Gasteiger partial charge in [-0.2, -0.15) is 0 Å². The van der Waals surface area contributed by atoms with Crippen LogP contribution in [-0.4, -0.2) is 36.2 Å². The van der Waals surface area contributed by atoms with E-state index in [-0.39, 0.29) is 11.8 Å². The lowest BCUT2D eigenvalue weighted by Crippen LogP contribution is -2.25. The van der Waals surface area contributed by atoms with Gasteiger partial charge in [-0.25, -0.2) is 4.98 Å². The molecule has 1 amide bonds. The van der Waals surface area contributed by atoms with Gasteiger partial charge in [0.15, 0.2) is 0 Å². The first-order valence-corrected chi connectivity index (χ1v) is 10.5. The highest BCUT2D eigenvalue weighted by atomic mass is 16.5. The smallest absolute Gasteiger partial charge is 0.227 e. The number of benzene rings is 2. The molecule has 6 nitrogen and oxygen atoms in total. The molecule has 0 radical (unpaired) electrons. The van der Waals surface area contributed by atoms with Crippen molar-refractivity contribution in [3.8, 4) is 11.5 Å². The first-order chi connectivity index (χ1) is 14.5. The Morgan fingerprint density at radius 1 is 1.13 bits per heavy atom. The Balaban J connectivity index is 1.69. The Morgan fingerprint density at radius 2 is 1.93 bits per heavy atom. The summed E-state index contributed by atoms with van der Waals surface area (Å²) in [4.78, 5) is 19.8. The number of anilines is 1. The standard InChI is InChI=1S/C24H29N3O3/c1-16(2)11-12-26-20-8-6-5-7-19(20)25-24(26)17-13-23(28)27(15-17)21-14-18(29-3)9-10-22(21)30-4/h5-10,14,16-17H,11-13,15H2,1-4H3/t17-/m0/s1. The monoisotopic (exact) mass is 407 g/mol. The van der Waals surface area contributed by atoms with Crippen LogP contribution >= 0.6 is 0 Å². The number of carbonyl (C=O) groups is 1. The molecule has 0 N–H and O–H groups in total. The van der Waals surface area contributed by atoms with Crippen LogP contribution in [0.1, 0.15) is 38.4 Å². The molecule has 3 aromatic rings. The van der Waals surface area contributed by atoms with Gasteiger partial charge in [0.1, 0.15) is 17.3 Å². The fraction of sp³-hybridized carbons (Fsp3) is 0.417. The normalized spacial score (nSPS) is 16.6. The lowest BCUT2D eigenvalue weighted by atomic mass is 10.1. The summed E-state index contributed by atoms with van der Waals surface area (Å²) in [5, 5.41) is 0. The second-order valence-corrected chi connectivity index (χ2v) is 8.24. The summed E-state index contributed by atoms with van der Waals surface area (Å²) in [7, 11) is 3.24. The first kappa shape index (κ1) is 20.3. The highest BCUT2D eigenvalue weighted by Crippen LogP contribution is 2.39. The van der Waals surface area contributed by atoms with Crippen molar-refractivity contribution in [2.45, 2.75) is 39.2 Å². The van der Waals surface area contributed by atoms with Crippen LogP contribution in [0.15, 0.2) is 42.5 Å². The Bertz CT molecular complexity index is 1060. The molecule has 0 saturated carbocycles. The minimum Gasteiger partial charge on any atom is -0.497 e. The third-order valence-corrected chi connectivity index (χ3v) is 5.78. The molecule has 1 atom stereocenters. The molecule has 1 aromatic heterocycles. The van der Waals surface area contributed by atoms with E-state index in [1.54, 1.807) is 19.1 Å². The van der Waals surface area contributed by atoms with Crippen molar-refractivity contribution >= 4 is 22.6 Å². The predicted molar refractivity (Wildman–Crippen MR) is 118 cm³/mol. The molecule has 1 aliphatic rings. The summed E-state index contributed by atoms with van der Waals surface area (Å²) < 4.78 is 13.2. The second kappa shape index (κ2) is 8.38. The average Bonchev–Trinajstić information content (AvgIpc) is 3.32. The van der Waals surface area contributed by atoms with Crippen LogP contribution in [0.25, 0.3) is 11.0 Å². The Labute approximate surface area is 177 Å². The van der Waals surface area contributed by atoms with Crippen LogP contribution in [0.4, 0.5) is 5.69 Å². The van der Waals surface area contributed by atoms with Crippen LogP contribution < -0.4 is 14.4 Å². The number of amides is 1. The number of para-hydroxylation sites is 2. The van der Waals surface area contributed by atoms with E-state index < -0.39 is 0 Å². The summed E-state index contributed by atoms with van der Waals surface area (Å²) in [6.07, 6.45) is 1.51. The zero-order chi connectivity index (χ0) is 21.3. The van der Waals surface area contributed by atoms with Crippen molar-refractivity contribution in [1.29, 1.82) is 0 Å². The molecule has 1 saturated heterocycles. The van der Waals surface area contributed by atoms with E-state index in [1.807, 2.05) is 36.4 Å². The molecule has 4 rings (SSSR count). The van der Waals surface area contributed by atoms with E-state index in [0.717, 1.165) is 35.5 Å². The lowest BCUT2D eigenvalue weighted by molar-refractivity contribution is -0.117.